The Morgan fingerprint density at radius 1 is 1.23 bits per heavy atom. The molecule has 0 unspecified atom stereocenters. The Labute approximate surface area is 186 Å². The second kappa shape index (κ2) is 7.75. The van der Waals surface area contributed by atoms with E-state index in [0.717, 1.165) is 24.2 Å². The molecule has 1 aliphatic carbocycles. The molecule has 0 bridgehead atoms. The highest BCUT2D eigenvalue weighted by Gasteiger charge is 2.25. The van der Waals surface area contributed by atoms with Gasteiger partial charge in [0.15, 0.2) is 5.65 Å². The number of aromatic nitrogens is 3. The average molecular weight is 458 g/mol. The molecule has 0 spiro atoms. The number of fused-ring (bicyclic) bond motifs is 1. The van der Waals surface area contributed by atoms with Crippen molar-refractivity contribution < 1.29 is 9.59 Å². The van der Waals surface area contributed by atoms with E-state index in [2.05, 4.69) is 31.3 Å². The van der Waals surface area contributed by atoms with E-state index in [-0.39, 0.29) is 5.70 Å². The number of urea groups is 1. The van der Waals surface area contributed by atoms with E-state index in [4.69, 9.17) is 23.2 Å². The first-order valence-corrected chi connectivity index (χ1v) is 10.4. The highest BCUT2D eigenvalue weighted by molar-refractivity contribution is 6.42. The van der Waals surface area contributed by atoms with Gasteiger partial charge in [0.2, 0.25) is 0 Å². The molecular weight excluding hydrogens is 441 g/mol. The van der Waals surface area contributed by atoms with Crippen LogP contribution in [0.25, 0.3) is 11.7 Å². The van der Waals surface area contributed by atoms with E-state index >= 15 is 0 Å². The van der Waals surface area contributed by atoms with Gasteiger partial charge in [-0.1, -0.05) is 35.3 Å². The second-order valence-electron chi connectivity index (χ2n) is 7.31. The van der Waals surface area contributed by atoms with Crippen LogP contribution >= 0.6 is 23.2 Å². The number of hydrogen-bond acceptors (Lipinski definition) is 6. The van der Waals surface area contributed by atoms with Crippen LogP contribution in [-0.2, 0) is 11.3 Å². The third-order valence-electron chi connectivity index (χ3n) is 4.94. The molecule has 3 aromatic rings. The Bertz CT molecular complexity index is 1250. The zero-order valence-corrected chi connectivity index (χ0v) is 17.6. The van der Waals surface area contributed by atoms with E-state index in [1.807, 2.05) is 18.2 Å². The van der Waals surface area contributed by atoms with Crippen molar-refractivity contribution in [3.05, 3.63) is 57.3 Å². The summed E-state index contributed by atoms with van der Waals surface area (Å²) in [4.78, 5) is 28.0. The molecule has 0 radical (unpaired) electrons. The summed E-state index contributed by atoms with van der Waals surface area (Å²) in [5, 5.41) is 16.8. The van der Waals surface area contributed by atoms with Crippen molar-refractivity contribution in [2.24, 2.45) is 0 Å². The van der Waals surface area contributed by atoms with Crippen LogP contribution in [0.2, 0.25) is 10.0 Å². The van der Waals surface area contributed by atoms with E-state index in [1.165, 1.54) is 0 Å². The second-order valence-corrected chi connectivity index (χ2v) is 8.10. The molecule has 3 amide bonds. The summed E-state index contributed by atoms with van der Waals surface area (Å²) >= 11 is 12.4. The van der Waals surface area contributed by atoms with Crippen molar-refractivity contribution in [2.45, 2.75) is 25.4 Å². The molecule has 2 aromatic heterocycles. The zero-order chi connectivity index (χ0) is 21.5. The number of rotatable bonds is 6. The van der Waals surface area contributed by atoms with Gasteiger partial charge in [-0.25, -0.2) is 9.78 Å². The highest BCUT2D eigenvalue weighted by Crippen LogP contribution is 2.29. The molecule has 1 saturated carbocycles. The Hall–Kier alpha value is -3.30. The summed E-state index contributed by atoms with van der Waals surface area (Å²) in [7, 11) is 0. The van der Waals surface area contributed by atoms with Gasteiger partial charge < -0.3 is 16.0 Å². The molecule has 1 saturated heterocycles. The van der Waals surface area contributed by atoms with Crippen molar-refractivity contribution in [3.8, 4) is 0 Å². The van der Waals surface area contributed by atoms with E-state index in [9.17, 15) is 9.59 Å². The first kappa shape index (κ1) is 19.7. The third kappa shape index (κ3) is 4.01. The van der Waals surface area contributed by atoms with Crippen molar-refractivity contribution in [1.82, 2.24) is 25.2 Å². The Kier molecular flexibility index (Phi) is 4.91. The van der Waals surface area contributed by atoms with Crippen LogP contribution in [0.3, 0.4) is 0 Å². The van der Waals surface area contributed by atoms with Crippen LogP contribution < -0.4 is 21.3 Å². The van der Waals surface area contributed by atoms with Crippen molar-refractivity contribution >= 4 is 58.5 Å². The minimum Gasteiger partial charge on any atom is -0.367 e. The van der Waals surface area contributed by atoms with Crippen molar-refractivity contribution in [3.63, 3.8) is 0 Å². The van der Waals surface area contributed by atoms with Crippen LogP contribution in [-0.4, -0.2) is 32.6 Å². The maximum atomic E-state index is 11.9. The molecule has 11 heteroatoms. The van der Waals surface area contributed by atoms with Crippen LogP contribution in [0.1, 0.15) is 24.0 Å². The Morgan fingerprint density at radius 2 is 2.06 bits per heavy atom. The Balaban J connectivity index is 1.50. The smallest absolute Gasteiger partial charge is 0.326 e. The summed E-state index contributed by atoms with van der Waals surface area (Å²) < 4.78 is 1.68. The molecule has 31 heavy (non-hydrogen) atoms. The van der Waals surface area contributed by atoms with E-state index in [0.29, 0.717) is 39.7 Å². The molecule has 1 aliphatic heterocycles. The van der Waals surface area contributed by atoms with Gasteiger partial charge in [0.1, 0.15) is 17.3 Å². The zero-order valence-electron chi connectivity index (χ0n) is 16.1. The maximum Gasteiger partial charge on any atom is 0.326 e. The number of halogens is 2. The van der Waals surface area contributed by atoms with Crippen LogP contribution in [0.15, 0.2) is 36.2 Å². The first-order chi connectivity index (χ1) is 15.0. The molecule has 3 heterocycles. The monoisotopic (exact) mass is 457 g/mol. The molecule has 5 rings (SSSR count). The number of carbonyl (C=O) groups is 2. The minimum absolute atomic E-state index is 0.141. The topological polar surface area (TPSA) is 112 Å². The van der Waals surface area contributed by atoms with Crippen LogP contribution in [0.5, 0.6) is 0 Å². The van der Waals surface area contributed by atoms with Gasteiger partial charge in [0.05, 0.1) is 16.2 Å². The molecule has 2 fully saturated rings. The molecule has 158 valence electrons. The fourth-order valence-electron chi connectivity index (χ4n) is 3.22. The van der Waals surface area contributed by atoms with Crippen molar-refractivity contribution in [1.29, 1.82) is 0 Å². The normalized spacial score (nSPS) is 17.2. The fourth-order valence-corrected chi connectivity index (χ4v) is 3.61. The van der Waals surface area contributed by atoms with Gasteiger partial charge in [-0.3, -0.25) is 10.1 Å². The van der Waals surface area contributed by atoms with Gasteiger partial charge in [-0.15, -0.1) is 0 Å². The predicted molar refractivity (Wildman–Crippen MR) is 118 cm³/mol. The minimum atomic E-state index is -0.558. The van der Waals surface area contributed by atoms with Gasteiger partial charge in [0, 0.05) is 24.2 Å². The first-order valence-electron chi connectivity index (χ1n) is 9.64. The number of nitrogens with one attached hydrogen (secondary N) is 4. The number of nitrogens with zero attached hydrogens (tertiary/aromatic N) is 3. The number of hydrogen-bond donors (Lipinski definition) is 4. The summed E-state index contributed by atoms with van der Waals surface area (Å²) in [6.45, 7) is 0.425. The summed E-state index contributed by atoms with van der Waals surface area (Å²) in [5.41, 5.74) is 2.11. The molecular formula is C20H17Cl2N7O2. The summed E-state index contributed by atoms with van der Waals surface area (Å²) in [6, 6.07) is 7.17. The van der Waals surface area contributed by atoms with Crippen molar-refractivity contribution in [2.75, 3.05) is 10.6 Å². The highest BCUT2D eigenvalue weighted by atomic mass is 35.5. The fraction of sp³-hybridized carbons (Fsp3) is 0.200. The number of carbonyl (C=O) groups excluding carboxylic acids is 2. The Morgan fingerprint density at radius 3 is 2.81 bits per heavy atom. The SMILES string of the molecule is O=C1NC(=O)/C(=C/c2cnn3c(NC4CC4)cc(NCc4cccc(Cl)c4Cl)nc23)N1. The largest absolute Gasteiger partial charge is 0.367 e. The standard InChI is InChI=1S/C20H17Cl2N7O2/c21-13-3-1-2-10(17(13)22)8-23-15-7-16(25-12-4-5-12)29-18(27-15)11(9-24-29)6-14-19(30)28-20(31)26-14/h1-3,6-7,9,12,25H,4-5,8H2,(H,23,27)(H2,26,28,30,31)/b14-6-. The molecule has 0 atom stereocenters. The van der Waals surface area contributed by atoms with Crippen LogP contribution in [0, 0.1) is 0 Å². The quantitative estimate of drug-likeness (QED) is 0.333. The number of anilines is 2. The molecule has 1 aromatic carbocycles. The van der Waals surface area contributed by atoms with Gasteiger partial charge in [-0.2, -0.15) is 9.61 Å². The lowest BCUT2D eigenvalue weighted by Gasteiger charge is -2.12. The molecule has 2 aliphatic rings. The third-order valence-corrected chi connectivity index (χ3v) is 5.80. The lowest BCUT2D eigenvalue weighted by Crippen LogP contribution is -2.22. The summed E-state index contributed by atoms with van der Waals surface area (Å²) in [5.74, 6) is 0.883. The van der Waals surface area contributed by atoms with E-state index < -0.39 is 11.9 Å². The van der Waals surface area contributed by atoms with Gasteiger partial charge in [-0.05, 0) is 30.5 Å². The van der Waals surface area contributed by atoms with Gasteiger partial charge >= 0.3 is 6.03 Å². The molecule has 9 nitrogen and oxygen atoms in total. The summed E-state index contributed by atoms with van der Waals surface area (Å²) in [6.07, 6.45) is 5.33. The lowest BCUT2D eigenvalue weighted by molar-refractivity contribution is -0.115. The number of amides is 3. The predicted octanol–water partition coefficient (Wildman–Crippen LogP) is 3.40. The number of benzene rings is 1. The average Bonchev–Trinajstić information content (AvgIpc) is 3.37. The molecule has 4 N–H and O–H groups in total. The number of imide groups is 1. The van der Waals surface area contributed by atoms with E-state index in [1.54, 1.807) is 22.9 Å². The lowest BCUT2D eigenvalue weighted by atomic mass is 10.2. The van der Waals surface area contributed by atoms with Gasteiger partial charge in [0.25, 0.3) is 5.91 Å². The maximum absolute atomic E-state index is 11.9. The van der Waals surface area contributed by atoms with Crippen LogP contribution in [0.4, 0.5) is 16.4 Å².